The number of benzene rings is 2. The van der Waals surface area contributed by atoms with E-state index in [1.165, 1.54) is 6.08 Å². The molecule has 0 saturated heterocycles. The predicted molar refractivity (Wildman–Crippen MR) is 91.9 cm³/mol. The monoisotopic (exact) mass is 303 g/mol. The van der Waals surface area contributed by atoms with Crippen LogP contribution in [0.4, 0.5) is 5.69 Å². The van der Waals surface area contributed by atoms with Gasteiger partial charge in [0.25, 0.3) is 0 Å². The first-order valence-corrected chi connectivity index (χ1v) is 7.40. The zero-order valence-corrected chi connectivity index (χ0v) is 12.6. The summed E-state index contributed by atoms with van der Waals surface area (Å²) in [7, 11) is 0. The van der Waals surface area contributed by atoms with Crippen LogP contribution in [0.5, 0.6) is 0 Å². The molecule has 0 radical (unpaired) electrons. The zero-order chi connectivity index (χ0) is 15.9. The maximum Gasteiger partial charge on any atom is 0.248 e. The van der Waals surface area contributed by atoms with Crippen molar-refractivity contribution in [2.45, 2.75) is 6.54 Å². The van der Waals surface area contributed by atoms with Crippen molar-refractivity contribution >= 4 is 17.7 Å². The summed E-state index contributed by atoms with van der Waals surface area (Å²) >= 11 is 0. The van der Waals surface area contributed by atoms with Crippen LogP contribution in [0.2, 0.25) is 0 Å². The molecule has 1 N–H and O–H groups in total. The number of aromatic nitrogens is 2. The molecule has 0 atom stereocenters. The van der Waals surface area contributed by atoms with Crippen LogP contribution in [0.3, 0.4) is 0 Å². The Balaban J connectivity index is 1.58. The summed E-state index contributed by atoms with van der Waals surface area (Å²) in [5.41, 5.74) is 2.84. The van der Waals surface area contributed by atoms with Gasteiger partial charge in [-0.3, -0.25) is 9.48 Å². The maximum absolute atomic E-state index is 11.9. The standard InChI is InChI=1S/C19H17N3O/c23-19(12-11-16-7-3-1-4-8-16)21-18-13-20-22(15-18)14-17-9-5-2-6-10-17/h1-13,15H,14H2,(H,21,23)/b12-11+. The lowest BCUT2D eigenvalue weighted by Gasteiger charge is -2.01. The Morgan fingerprint density at radius 1 is 1.04 bits per heavy atom. The fourth-order valence-corrected chi connectivity index (χ4v) is 2.21. The van der Waals surface area contributed by atoms with Crippen LogP contribution in [-0.2, 0) is 11.3 Å². The van der Waals surface area contributed by atoms with Gasteiger partial charge >= 0.3 is 0 Å². The Morgan fingerprint density at radius 2 is 1.74 bits per heavy atom. The van der Waals surface area contributed by atoms with Crippen molar-refractivity contribution in [1.29, 1.82) is 0 Å². The molecule has 1 amide bonds. The fraction of sp³-hybridized carbons (Fsp3) is 0.0526. The minimum Gasteiger partial charge on any atom is -0.320 e. The molecule has 0 aliphatic heterocycles. The zero-order valence-electron chi connectivity index (χ0n) is 12.6. The van der Waals surface area contributed by atoms with Crippen molar-refractivity contribution in [2.75, 3.05) is 5.32 Å². The highest BCUT2D eigenvalue weighted by atomic mass is 16.1. The highest BCUT2D eigenvalue weighted by Crippen LogP contribution is 2.08. The first-order valence-electron chi connectivity index (χ1n) is 7.40. The van der Waals surface area contributed by atoms with Gasteiger partial charge in [-0.1, -0.05) is 60.7 Å². The van der Waals surface area contributed by atoms with Crippen molar-refractivity contribution in [3.63, 3.8) is 0 Å². The Kier molecular flexibility index (Phi) is 4.64. The van der Waals surface area contributed by atoms with E-state index in [0.29, 0.717) is 12.2 Å². The third-order valence-electron chi connectivity index (χ3n) is 3.31. The molecule has 23 heavy (non-hydrogen) atoms. The minimum absolute atomic E-state index is 0.173. The van der Waals surface area contributed by atoms with E-state index >= 15 is 0 Å². The molecule has 0 saturated carbocycles. The second-order valence-corrected chi connectivity index (χ2v) is 5.15. The second-order valence-electron chi connectivity index (χ2n) is 5.15. The molecule has 1 heterocycles. The molecular formula is C19H17N3O. The number of carbonyl (C=O) groups excluding carboxylic acids is 1. The maximum atomic E-state index is 11.9. The summed E-state index contributed by atoms with van der Waals surface area (Å²) in [6.07, 6.45) is 6.77. The van der Waals surface area contributed by atoms with E-state index in [4.69, 9.17) is 0 Å². The number of hydrogen-bond donors (Lipinski definition) is 1. The number of nitrogens with zero attached hydrogens (tertiary/aromatic N) is 2. The number of amides is 1. The van der Waals surface area contributed by atoms with Crippen molar-refractivity contribution in [1.82, 2.24) is 9.78 Å². The topological polar surface area (TPSA) is 46.9 Å². The molecule has 4 nitrogen and oxygen atoms in total. The van der Waals surface area contributed by atoms with Crippen molar-refractivity contribution in [3.8, 4) is 0 Å². The largest absolute Gasteiger partial charge is 0.320 e. The normalized spacial score (nSPS) is 10.8. The van der Waals surface area contributed by atoms with Crippen LogP contribution in [0, 0.1) is 0 Å². The number of hydrogen-bond acceptors (Lipinski definition) is 2. The molecular weight excluding hydrogens is 286 g/mol. The van der Waals surface area contributed by atoms with E-state index in [-0.39, 0.29) is 5.91 Å². The van der Waals surface area contributed by atoms with Crippen LogP contribution in [0.25, 0.3) is 6.08 Å². The van der Waals surface area contributed by atoms with E-state index in [2.05, 4.69) is 10.4 Å². The minimum atomic E-state index is -0.173. The fourth-order valence-electron chi connectivity index (χ4n) is 2.21. The summed E-state index contributed by atoms with van der Waals surface area (Å²) in [5.74, 6) is -0.173. The Bertz CT molecular complexity index is 792. The quantitative estimate of drug-likeness (QED) is 0.732. The third-order valence-corrected chi connectivity index (χ3v) is 3.31. The molecule has 0 aliphatic rings. The molecule has 2 aromatic carbocycles. The van der Waals surface area contributed by atoms with Gasteiger partial charge in [-0.2, -0.15) is 5.10 Å². The smallest absolute Gasteiger partial charge is 0.248 e. The van der Waals surface area contributed by atoms with Crippen molar-refractivity contribution in [3.05, 3.63) is 90.3 Å². The van der Waals surface area contributed by atoms with Crippen molar-refractivity contribution < 1.29 is 4.79 Å². The van der Waals surface area contributed by atoms with Crippen LogP contribution in [0.1, 0.15) is 11.1 Å². The van der Waals surface area contributed by atoms with Gasteiger partial charge in [0.15, 0.2) is 0 Å². The number of carbonyl (C=O) groups is 1. The summed E-state index contributed by atoms with van der Waals surface area (Å²) in [6, 6.07) is 19.8. The van der Waals surface area contributed by atoms with Gasteiger partial charge in [-0.05, 0) is 17.2 Å². The van der Waals surface area contributed by atoms with Crippen molar-refractivity contribution in [2.24, 2.45) is 0 Å². The van der Waals surface area contributed by atoms with Gasteiger partial charge in [0.05, 0.1) is 18.4 Å². The van der Waals surface area contributed by atoms with Gasteiger partial charge in [-0.25, -0.2) is 0 Å². The second kappa shape index (κ2) is 7.22. The van der Waals surface area contributed by atoms with E-state index in [9.17, 15) is 4.79 Å². The molecule has 0 aliphatic carbocycles. The summed E-state index contributed by atoms with van der Waals surface area (Å²) in [4.78, 5) is 11.9. The molecule has 1 aromatic heterocycles. The summed E-state index contributed by atoms with van der Waals surface area (Å²) < 4.78 is 1.80. The average Bonchev–Trinajstić information content (AvgIpc) is 3.02. The SMILES string of the molecule is O=C(/C=C/c1ccccc1)Nc1cnn(Cc2ccccc2)c1. The van der Waals surface area contributed by atoms with Crippen LogP contribution >= 0.6 is 0 Å². The van der Waals surface area contributed by atoms with Gasteiger partial charge in [-0.15, -0.1) is 0 Å². The van der Waals surface area contributed by atoms with E-state index in [0.717, 1.165) is 11.1 Å². The Hall–Kier alpha value is -3.14. The first-order chi connectivity index (χ1) is 11.3. The number of rotatable bonds is 5. The average molecular weight is 303 g/mol. The highest BCUT2D eigenvalue weighted by molar-refractivity contribution is 6.01. The molecule has 4 heteroatoms. The molecule has 3 rings (SSSR count). The molecule has 114 valence electrons. The highest BCUT2D eigenvalue weighted by Gasteiger charge is 2.02. The van der Waals surface area contributed by atoms with Gasteiger partial charge in [0.1, 0.15) is 0 Å². The van der Waals surface area contributed by atoms with E-state index < -0.39 is 0 Å². The lowest BCUT2D eigenvalue weighted by molar-refractivity contribution is -0.111. The lowest BCUT2D eigenvalue weighted by atomic mass is 10.2. The lowest BCUT2D eigenvalue weighted by Crippen LogP contribution is -2.07. The number of nitrogens with one attached hydrogen (secondary N) is 1. The molecule has 0 spiro atoms. The Morgan fingerprint density at radius 3 is 2.48 bits per heavy atom. The first kappa shape index (κ1) is 14.8. The molecule has 0 fully saturated rings. The third kappa shape index (κ3) is 4.41. The predicted octanol–water partition coefficient (Wildman–Crippen LogP) is 3.58. The number of anilines is 1. The molecule has 0 unspecified atom stereocenters. The van der Waals surface area contributed by atoms with E-state index in [1.54, 1.807) is 17.0 Å². The van der Waals surface area contributed by atoms with Gasteiger partial charge in [0.2, 0.25) is 5.91 Å². The van der Waals surface area contributed by atoms with E-state index in [1.807, 2.05) is 66.9 Å². The summed E-state index contributed by atoms with van der Waals surface area (Å²) in [6.45, 7) is 0.677. The van der Waals surface area contributed by atoms with Gasteiger partial charge in [0, 0.05) is 12.3 Å². The molecule has 0 bridgehead atoms. The summed E-state index contributed by atoms with van der Waals surface area (Å²) in [5, 5.41) is 7.07. The van der Waals surface area contributed by atoms with Crippen LogP contribution in [-0.4, -0.2) is 15.7 Å². The van der Waals surface area contributed by atoms with Crippen LogP contribution in [0.15, 0.2) is 79.1 Å². The molecule has 3 aromatic rings. The Labute approximate surface area is 135 Å². The van der Waals surface area contributed by atoms with Crippen LogP contribution < -0.4 is 5.32 Å². The van der Waals surface area contributed by atoms with Gasteiger partial charge < -0.3 is 5.32 Å².